The lowest BCUT2D eigenvalue weighted by molar-refractivity contribution is 0.215. The van der Waals surface area contributed by atoms with Gasteiger partial charge in [0.25, 0.3) is 0 Å². The molecule has 0 saturated carbocycles. The molecule has 3 aromatic rings. The van der Waals surface area contributed by atoms with E-state index in [4.69, 9.17) is 4.74 Å². The second-order valence-electron chi connectivity index (χ2n) is 8.03. The second kappa shape index (κ2) is 10.6. The van der Waals surface area contributed by atoms with E-state index in [2.05, 4.69) is 52.6 Å². The van der Waals surface area contributed by atoms with Crippen LogP contribution in [-0.2, 0) is 0 Å². The number of rotatable bonds is 5. The molecule has 1 N–H and O–H groups in total. The molecule has 2 heterocycles. The maximum atomic E-state index is 12.5. The van der Waals surface area contributed by atoms with Gasteiger partial charge in [0.15, 0.2) is 0 Å². The Hall–Kier alpha value is -2.99. The quantitative estimate of drug-likeness (QED) is 0.437. The molecule has 0 atom stereocenters. The number of nitrogens with zero attached hydrogens (tertiary/aromatic N) is 2. The van der Waals surface area contributed by atoms with Crippen LogP contribution in [0, 0.1) is 6.92 Å². The molecule has 0 aliphatic carbocycles. The van der Waals surface area contributed by atoms with Gasteiger partial charge >= 0.3 is 6.09 Å². The van der Waals surface area contributed by atoms with E-state index >= 15 is 0 Å². The Labute approximate surface area is 194 Å². The summed E-state index contributed by atoms with van der Waals surface area (Å²) in [5, 5.41) is 2.78. The molecule has 0 bridgehead atoms. The molecule has 6 heteroatoms. The topological polar surface area (TPSA) is 54.5 Å². The summed E-state index contributed by atoms with van der Waals surface area (Å²) < 4.78 is 5.55. The summed E-state index contributed by atoms with van der Waals surface area (Å²) in [7, 11) is 0. The number of carbonyl (C=O) groups is 1. The number of amides is 1. The Balaban J connectivity index is 1.40. The summed E-state index contributed by atoms with van der Waals surface area (Å²) in [6, 6.07) is 17.9. The first-order valence-corrected chi connectivity index (χ1v) is 12.3. The van der Waals surface area contributed by atoms with Gasteiger partial charge in [-0.25, -0.2) is 9.78 Å². The van der Waals surface area contributed by atoms with Crippen molar-refractivity contribution in [1.29, 1.82) is 0 Å². The van der Waals surface area contributed by atoms with Gasteiger partial charge in [-0.2, -0.15) is 0 Å². The van der Waals surface area contributed by atoms with E-state index in [1.165, 1.54) is 30.6 Å². The lowest BCUT2D eigenvalue weighted by Gasteiger charge is -2.21. The van der Waals surface area contributed by atoms with Crippen molar-refractivity contribution in [3.05, 3.63) is 66.4 Å². The average Bonchev–Trinajstić information content (AvgIpc) is 3.11. The van der Waals surface area contributed by atoms with Gasteiger partial charge < -0.3 is 9.64 Å². The van der Waals surface area contributed by atoms with Crippen LogP contribution < -0.4 is 15.0 Å². The molecule has 0 spiro atoms. The number of anilines is 2. The molecule has 5 nitrogen and oxygen atoms in total. The van der Waals surface area contributed by atoms with Crippen molar-refractivity contribution in [2.75, 3.05) is 29.6 Å². The van der Waals surface area contributed by atoms with Gasteiger partial charge in [0.1, 0.15) is 11.6 Å². The van der Waals surface area contributed by atoms with E-state index in [1.54, 1.807) is 18.0 Å². The molecular formula is C26H29N3O2S. The Morgan fingerprint density at radius 2 is 1.75 bits per heavy atom. The number of thioether (sulfide) groups is 1. The third-order valence-corrected chi connectivity index (χ3v) is 6.49. The number of carbonyl (C=O) groups excluding carboxylic acids is 1. The van der Waals surface area contributed by atoms with E-state index < -0.39 is 6.09 Å². The van der Waals surface area contributed by atoms with Crippen molar-refractivity contribution >= 4 is 29.4 Å². The van der Waals surface area contributed by atoms with Crippen molar-refractivity contribution in [2.24, 2.45) is 0 Å². The van der Waals surface area contributed by atoms with Crippen molar-refractivity contribution < 1.29 is 9.53 Å². The van der Waals surface area contributed by atoms with E-state index in [9.17, 15) is 4.79 Å². The Kier molecular flexibility index (Phi) is 7.32. The Bertz CT molecular complexity index is 1040. The van der Waals surface area contributed by atoms with Crippen LogP contribution in [0.2, 0.25) is 0 Å². The Morgan fingerprint density at radius 1 is 1.00 bits per heavy atom. The predicted molar refractivity (Wildman–Crippen MR) is 133 cm³/mol. The minimum atomic E-state index is -0.526. The smallest absolute Gasteiger partial charge is 0.410 e. The number of pyridine rings is 1. The summed E-state index contributed by atoms with van der Waals surface area (Å²) >= 11 is 1.71. The fraction of sp³-hybridized carbons (Fsp3) is 0.308. The van der Waals surface area contributed by atoms with Gasteiger partial charge in [0, 0.05) is 18.0 Å². The maximum Gasteiger partial charge on any atom is 0.417 e. The molecule has 2 aromatic carbocycles. The number of aryl methyl sites for hydroxylation is 1. The van der Waals surface area contributed by atoms with Gasteiger partial charge in [-0.15, -0.1) is 11.8 Å². The highest BCUT2D eigenvalue weighted by Crippen LogP contribution is 2.29. The van der Waals surface area contributed by atoms with Crippen LogP contribution >= 0.6 is 11.8 Å². The van der Waals surface area contributed by atoms with Crippen LogP contribution in [0.25, 0.3) is 11.1 Å². The molecule has 1 aliphatic heterocycles. The maximum absolute atomic E-state index is 12.5. The van der Waals surface area contributed by atoms with Crippen LogP contribution in [0.1, 0.15) is 31.2 Å². The predicted octanol–water partition coefficient (Wildman–Crippen LogP) is 6.77. The second-order valence-corrected chi connectivity index (χ2v) is 8.91. The fourth-order valence-electron chi connectivity index (χ4n) is 3.94. The molecule has 166 valence electrons. The molecule has 1 aromatic heterocycles. The SMILES string of the molecule is CSc1ccc(-c2cc(OC(=O)Nc3ccc(N4CCCCCC4)nc3)ccc2C)cc1. The third-order valence-electron chi connectivity index (χ3n) is 5.74. The largest absolute Gasteiger partial charge is 0.417 e. The van der Waals surface area contributed by atoms with Crippen LogP contribution in [0.4, 0.5) is 16.3 Å². The molecule has 0 unspecified atom stereocenters. The molecule has 1 saturated heterocycles. The van der Waals surface area contributed by atoms with Gasteiger partial charge in [-0.1, -0.05) is 31.0 Å². The summed E-state index contributed by atoms with van der Waals surface area (Å²) in [4.78, 5) is 20.5. The zero-order chi connectivity index (χ0) is 22.3. The van der Waals surface area contributed by atoms with Crippen molar-refractivity contribution in [3.63, 3.8) is 0 Å². The molecule has 32 heavy (non-hydrogen) atoms. The van der Waals surface area contributed by atoms with Gasteiger partial charge in [0.2, 0.25) is 0 Å². The monoisotopic (exact) mass is 447 g/mol. The first kappa shape index (κ1) is 22.2. The first-order valence-electron chi connectivity index (χ1n) is 11.1. The van der Waals surface area contributed by atoms with Crippen LogP contribution in [0.5, 0.6) is 5.75 Å². The van der Waals surface area contributed by atoms with E-state index in [-0.39, 0.29) is 0 Å². The Morgan fingerprint density at radius 3 is 2.41 bits per heavy atom. The highest BCUT2D eigenvalue weighted by molar-refractivity contribution is 7.98. The van der Waals surface area contributed by atoms with Gasteiger partial charge in [-0.05, 0) is 79.1 Å². The third kappa shape index (κ3) is 5.62. The lowest BCUT2D eigenvalue weighted by Crippen LogP contribution is -2.25. The summed E-state index contributed by atoms with van der Waals surface area (Å²) in [6.07, 6.45) is 8.20. The molecule has 1 aliphatic rings. The zero-order valence-corrected chi connectivity index (χ0v) is 19.5. The summed E-state index contributed by atoms with van der Waals surface area (Å²) in [6.45, 7) is 4.13. The molecule has 1 fully saturated rings. The minimum Gasteiger partial charge on any atom is -0.410 e. The fourth-order valence-corrected chi connectivity index (χ4v) is 4.35. The molecule has 4 rings (SSSR count). The lowest BCUT2D eigenvalue weighted by atomic mass is 10.0. The van der Waals surface area contributed by atoms with Crippen LogP contribution in [0.15, 0.2) is 65.7 Å². The molecule has 0 radical (unpaired) electrons. The van der Waals surface area contributed by atoms with Crippen molar-refractivity contribution in [3.8, 4) is 16.9 Å². The number of benzene rings is 2. The van der Waals surface area contributed by atoms with Crippen LogP contribution in [0.3, 0.4) is 0 Å². The minimum absolute atomic E-state index is 0.506. The van der Waals surface area contributed by atoms with Crippen molar-refractivity contribution in [1.82, 2.24) is 4.98 Å². The average molecular weight is 448 g/mol. The van der Waals surface area contributed by atoms with E-state index in [0.29, 0.717) is 11.4 Å². The first-order chi connectivity index (χ1) is 15.6. The number of hydrogen-bond donors (Lipinski definition) is 1. The van der Waals surface area contributed by atoms with Gasteiger partial charge in [0.05, 0.1) is 11.9 Å². The van der Waals surface area contributed by atoms with E-state index in [1.807, 2.05) is 30.3 Å². The summed E-state index contributed by atoms with van der Waals surface area (Å²) in [5.41, 5.74) is 3.89. The van der Waals surface area contributed by atoms with Crippen molar-refractivity contribution in [2.45, 2.75) is 37.5 Å². The number of nitrogens with one attached hydrogen (secondary N) is 1. The normalized spacial score (nSPS) is 14.0. The highest BCUT2D eigenvalue weighted by Gasteiger charge is 2.12. The summed E-state index contributed by atoms with van der Waals surface area (Å²) in [5.74, 6) is 1.47. The molecule has 1 amide bonds. The number of hydrogen-bond acceptors (Lipinski definition) is 5. The molecular weight excluding hydrogens is 418 g/mol. The van der Waals surface area contributed by atoms with Crippen LogP contribution in [-0.4, -0.2) is 30.4 Å². The van der Waals surface area contributed by atoms with E-state index in [0.717, 1.165) is 35.6 Å². The standard InChI is InChI=1S/C26H29N3O2S/c1-19-7-11-22(17-24(19)20-8-12-23(32-2)13-9-20)31-26(30)28-21-10-14-25(27-18-21)29-15-5-3-4-6-16-29/h7-14,17-18H,3-6,15-16H2,1-2H3,(H,28,30). The zero-order valence-electron chi connectivity index (χ0n) is 18.6. The number of ether oxygens (including phenoxy) is 1. The number of aromatic nitrogens is 1. The highest BCUT2D eigenvalue weighted by atomic mass is 32.2. The van der Waals surface area contributed by atoms with Gasteiger partial charge in [-0.3, -0.25) is 5.32 Å².